The number of nitrogens with one attached hydrogen (secondary N) is 1. The van der Waals surface area contributed by atoms with E-state index in [-0.39, 0.29) is 5.56 Å². The average molecular weight is 394 g/mol. The zero-order valence-corrected chi connectivity index (χ0v) is 15.5. The minimum atomic E-state index is -4.53. The highest BCUT2D eigenvalue weighted by molar-refractivity contribution is 6.01. The fourth-order valence-corrected chi connectivity index (χ4v) is 3.10. The predicted octanol–water partition coefficient (Wildman–Crippen LogP) is 4.61. The van der Waals surface area contributed by atoms with Gasteiger partial charge in [-0.15, -0.1) is 0 Å². The molecule has 3 rings (SSSR count). The average Bonchev–Trinajstić information content (AvgIpc) is 2.67. The lowest BCUT2D eigenvalue weighted by molar-refractivity contribution is -0.144. The Balaban J connectivity index is 2.03. The predicted molar refractivity (Wildman–Crippen MR) is 98.7 cm³/mol. The Morgan fingerprint density at radius 3 is 2.57 bits per heavy atom. The molecule has 1 aliphatic rings. The molecule has 5 nitrogen and oxygen atoms in total. The van der Waals surface area contributed by atoms with E-state index in [1.165, 1.54) is 13.2 Å². The van der Waals surface area contributed by atoms with Crippen molar-refractivity contribution in [3.05, 3.63) is 53.6 Å². The summed E-state index contributed by atoms with van der Waals surface area (Å²) in [4.78, 5) is 13.6. The number of fused-ring (bicyclic) bond motifs is 1. The van der Waals surface area contributed by atoms with Gasteiger partial charge in [0.1, 0.15) is 12.7 Å². The van der Waals surface area contributed by atoms with Gasteiger partial charge in [-0.25, -0.2) is 0 Å². The van der Waals surface area contributed by atoms with Crippen molar-refractivity contribution in [2.45, 2.75) is 25.7 Å². The third kappa shape index (κ3) is 4.16. The molecule has 2 aromatic rings. The number of ether oxygens (including phenoxy) is 2. The topological polar surface area (TPSA) is 50.8 Å². The fourth-order valence-electron chi connectivity index (χ4n) is 3.10. The second-order valence-corrected chi connectivity index (χ2v) is 6.40. The summed E-state index contributed by atoms with van der Waals surface area (Å²) in [6.07, 6.45) is -4.75. The first-order valence-electron chi connectivity index (χ1n) is 8.88. The van der Waals surface area contributed by atoms with Gasteiger partial charge in [-0.05, 0) is 36.2 Å². The molecule has 8 heteroatoms. The monoisotopic (exact) mass is 394 g/mol. The van der Waals surface area contributed by atoms with Crippen molar-refractivity contribution >= 4 is 11.6 Å². The van der Waals surface area contributed by atoms with Crippen LogP contribution in [0.1, 0.15) is 35.4 Å². The third-order valence-corrected chi connectivity index (χ3v) is 4.34. The molecule has 150 valence electrons. The van der Waals surface area contributed by atoms with Crippen molar-refractivity contribution in [3.8, 4) is 11.5 Å². The first-order chi connectivity index (χ1) is 13.3. The Morgan fingerprint density at radius 1 is 1.14 bits per heavy atom. The van der Waals surface area contributed by atoms with Gasteiger partial charge in [-0.1, -0.05) is 25.1 Å². The van der Waals surface area contributed by atoms with Gasteiger partial charge in [0.25, 0.3) is 5.91 Å². The summed E-state index contributed by atoms with van der Waals surface area (Å²) in [5.74, 6) is 0.215. The molecular formula is C20H21F3N2O3. The van der Waals surface area contributed by atoms with Gasteiger partial charge in [-0.3, -0.25) is 4.79 Å². The molecule has 1 atom stereocenters. The zero-order chi connectivity index (χ0) is 20.3. The number of methoxy groups -OCH3 is 1. The maximum absolute atomic E-state index is 13.2. The number of carbonyl (C=O) groups is 1. The van der Waals surface area contributed by atoms with E-state index in [0.717, 1.165) is 11.3 Å². The zero-order valence-electron chi connectivity index (χ0n) is 15.5. The van der Waals surface area contributed by atoms with Crippen LogP contribution < -0.4 is 14.8 Å². The van der Waals surface area contributed by atoms with Gasteiger partial charge < -0.3 is 19.7 Å². The molecule has 0 saturated carbocycles. The van der Waals surface area contributed by atoms with Gasteiger partial charge in [0, 0.05) is 5.69 Å². The highest BCUT2D eigenvalue weighted by Gasteiger charge is 2.40. The standard InChI is InChI=1S/C20H21F3N2O3/c1-3-10-28-17-11-13(8-9-16(17)27-2)18-24-15-7-5-4-6-14(15)19(26)25(18)12-20(21,22)23/h4-9,11,18,24H,3,10,12H2,1-2H3/t18-/m0/s1. The molecule has 0 saturated heterocycles. The maximum atomic E-state index is 13.2. The normalized spacial score (nSPS) is 16.4. The summed E-state index contributed by atoms with van der Waals surface area (Å²) >= 11 is 0. The van der Waals surface area contributed by atoms with Crippen molar-refractivity contribution < 1.29 is 27.4 Å². The van der Waals surface area contributed by atoms with Crippen LogP contribution in [0.5, 0.6) is 11.5 Å². The number of carbonyl (C=O) groups excluding carboxylic acids is 1. The smallest absolute Gasteiger partial charge is 0.406 e. The van der Waals surface area contributed by atoms with E-state index < -0.39 is 24.8 Å². The highest BCUT2D eigenvalue weighted by Crippen LogP contribution is 2.38. The number of para-hydroxylation sites is 1. The third-order valence-electron chi connectivity index (χ3n) is 4.34. The van der Waals surface area contributed by atoms with Crippen molar-refractivity contribution in [3.63, 3.8) is 0 Å². The number of amides is 1. The van der Waals surface area contributed by atoms with Crippen LogP contribution in [-0.4, -0.2) is 37.2 Å². The summed E-state index contributed by atoms with van der Waals surface area (Å²) in [6.45, 7) is 1.01. The number of nitrogens with zero attached hydrogens (tertiary/aromatic N) is 1. The van der Waals surface area contributed by atoms with Crippen LogP contribution in [0.25, 0.3) is 0 Å². The molecule has 0 radical (unpaired) electrons. The Hall–Kier alpha value is -2.90. The second kappa shape index (κ2) is 8.00. The number of anilines is 1. The Morgan fingerprint density at radius 2 is 1.89 bits per heavy atom. The first-order valence-corrected chi connectivity index (χ1v) is 8.88. The van der Waals surface area contributed by atoms with Crippen LogP contribution in [0.3, 0.4) is 0 Å². The van der Waals surface area contributed by atoms with E-state index in [1.807, 2.05) is 6.92 Å². The molecule has 0 aromatic heterocycles. The number of hydrogen-bond acceptors (Lipinski definition) is 4. The lowest BCUT2D eigenvalue weighted by Gasteiger charge is -2.38. The van der Waals surface area contributed by atoms with Crippen LogP contribution in [-0.2, 0) is 0 Å². The fraction of sp³-hybridized carbons (Fsp3) is 0.350. The number of hydrogen-bond donors (Lipinski definition) is 1. The van der Waals surface area contributed by atoms with Crippen LogP contribution in [0.2, 0.25) is 0 Å². The van der Waals surface area contributed by atoms with E-state index in [2.05, 4.69) is 5.32 Å². The lowest BCUT2D eigenvalue weighted by Crippen LogP contribution is -2.47. The lowest BCUT2D eigenvalue weighted by atomic mass is 10.0. The van der Waals surface area contributed by atoms with Crippen LogP contribution in [0.15, 0.2) is 42.5 Å². The molecule has 0 bridgehead atoms. The molecule has 1 N–H and O–H groups in total. The molecule has 2 aromatic carbocycles. The van der Waals surface area contributed by atoms with Crippen LogP contribution >= 0.6 is 0 Å². The summed E-state index contributed by atoms with van der Waals surface area (Å²) < 4.78 is 50.5. The summed E-state index contributed by atoms with van der Waals surface area (Å²) in [6, 6.07) is 11.4. The van der Waals surface area contributed by atoms with Crippen molar-refractivity contribution in [2.75, 3.05) is 25.6 Å². The Bertz CT molecular complexity index is 855. The summed E-state index contributed by atoms with van der Waals surface area (Å²) in [5.41, 5.74) is 1.17. The van der Waals surface area contributed by atoms with Gasteiger partial charge in [0.05, 0.1) is 19.3 Å². The molecule has 28 heavy (non-hydrogen) atoms. The molecule has 0 fully saturated rings. The van der Waals surface area contributed by atoms with Crippen molar-refractivity contribution in [1.82, 2.24) is 4.90 Å². The molecule has 0 unspecified atom stereocenters. The van der Waals surface area contributed by atoms with Gasteiger partial charge in [-0.2, -0.15) is 13.2 Å². The van der Waals surface area contributed by atoms with Gasteiger partial charge in [0.15, 0.2) is 11.5 Å². The highest BCUT2D eigenvalue weighted by atomic mass is 19.4. The largest absolute Gasteiger partial charge is 0.493 e. The van der Waals surface area contributed by atoms with E-state index in [9.17, 15) is 18.0 Å². The Kier molecular flexibility index (Phi) is 5.67. The maximum Gasteiger partial charge on any atom is 0.406 e. The van der Waals surface area contributed by atoms with E-state index >= 15 is 0 Å². The first kappa shape index (κ1) is 19.9. The van der Waals surface area contributed by atoms with Crippen LogP contribution in [0.4, 0.5) is 18.9 Å². The number of benzene rings is 2. The number of halogens is 3. The van der Waals surface area contributed by atoms with E-state index in [0.29, 0.717) is 29.4 Å². The summed E-state index contributed by atoms with van der Waals surface area (Å²) in [5, 5.41) is 3.05. The number of rotatable bonds is 6. The SMILES string of the molecule is CCCOc1cc([C@H]2Nc3ccccc3C(=O)N2CC(F)(F)F)ccc1OC. The molecule has 0 aliphatic carbocycles. The van der Waals surface area contributed by atoms with Gasteiger partial charge in [0.2, 0.25) is 0 Å². The molecule has 1 aliphatic heterocycles. The van der Waals surface area contributed by atoms with Crippen LogP contribution in [0, 0.1) is 0 Å². The quantitative estimate of drug-likeness (QED) is 0.777. The minimum absolute atomic E-state index is 0.207. The number of alkyl halides is 3. The van der Waals surface area contributed by atoms with Crippen molar-refractivity contribution in [2.24, 2.45) is 0 Å². The molecule has 1 heterocycles. The minimum Gasteiger partial charge on any atom is -0.493 e. The summed E-state index contributed by atoms with van der Waals surface area (Å²) in [7, 11) is 1.49. The Labute approximate surface area is 161 Å². The van der Waals surface area contributed by atoms with Gasteiger partial charge >= 0.3 is 6.18 Å². The second-order valence-electron chi connectivity index (χ2n) is 6.40. The molecule has 0 spiro atoms. The van der Waals surface area contributed by atoms with E-state index in [4.69, 9.17) is 9.47 Å². The molecule has 1 amide bonds. The van der Waals surface area contributed by atoms with Crippen molar-refractivity contribution in [1.29, 1.82) is 0 Å². The van der Waals surface area contributed by atoms with E-state index in [1.54, 1.807) is 36.4 Å². The molecular weight excluding hydrogens is 373 g/mol.